The molecule has 0 bridgehead atoms. The van der Waals surface area contributed by atoms with Crippen LogP contribution in [0.4, 0.5) is 13.2 Å². The van der Waals surface area contributed by atoms with Crippen LogP contribution in [0, 0.1) is 3.57 Å². The second kappa shape index (κ2) is 4.83. The zero-order chi connectivity index (χ0) is 14.2. The second-order valence-corrected chi connectivity index (χ2v) is 4.82. The lowest BCUT2D eigenvalue weighted by Gasteiger charge is -2.10. The molecule has 2 rings (SSSR count). The monoisotopic (exact) mass is 382 g/mol. The smallest absolute Gasteiger partial charge is 0.273 e. The van der Waals surface area contributed by atoms with Crippen molar-refractivity contribution in [2.75, 3.05) is 0 Å². The van der Waals surface area contributed by atoms with Crippen molar-refractivity contribution in [1.29, 1.82) is 0 Å². The summed E-state index contributed by atoms with van der Waals surface area (Å²) in [6.07, 6.45) is -3.30. The van der Waals surface area contributed by atoms with Gasteiger partial charge in [0.25, 0.3) is 5.56 Å². The van der Waals surface area contributed by atoms with E-state index in [-0.39, 0.29) is 9.26 Å². The first-order valence-electron chi connectivity index (χ1n) is 4.98. The molecule has 1 N–H and O–H groups in total. The number of rotatable bonds is 1. The third-order valence-corrected chi connectivity index (χ3v) is 3.12. The zero-order valence-corrected chi connectivity index (χ0v) is 11.3. The number of benzene rings is 1. The van der Waals surface area contributed by atoms with Crippen LogP contribution >= 0.6 is 22.6 Å². The quantitative estimate of drug-likeness (QED) is 0.769. The van der Waals surface area contributed by atoms with E-state index in [1.165, 1.54) is 18.3 Å². The maximum Gasteiger partial charge on any atom is 0.416 e. The maximum atomic E-state index is 12.6. The molecule has 2 aromatic rings. The van der Waals surface area contributed by atoms with E-state index in [0.29, 0.717) is 0 Å². The summed E-state index contributed by atoms with van der Waals surface area (Å²) in [6, 6.07) is 4.30. The van der Waals surface area contributed by atoms with Gasteiger partial charge in [0, 0.05) is 6.20 Å². The van der Waals surface area contributed by atoms with Crippen molar-refractivity contribution in [1.82, 2.24) is 9.55 Å². The fourth-order valence-corrected chi connectivity index (χ4v) is 1.88. The third-order valence-electron chi connectivity index (χ3n) is 2.35. The van der Waals surface area contributed by atoms with Gasteiger partial charge in [0.2, 0.25) is 0 Å². The molecule has 0 unspecified atom stereocenters. The molecule has 1 heterocycles. The Labute approximate surface area is 118 Å². The number of hydrogen-bond acceptors (Lipinski definition) is 2. The van der Waals surface area contributed by atoms with Crippen LogP contribution in [0.2, 0.25) is 0 Å². The molecule has 0 fully saturated rings. The number of nitrogens with zero attached hydrogens (tertiary/aromatic N) is 1. The molecular weight excluding hydrogens is 376 g/mol. The standard InChI is InChI=1S/C11H6F3IN2O2/c12-11(13,14)6-2-1-3-7(4-6)17-5-8(15)9(18)16-10(17)19/h1-5H,(H,16,18,19). The van der Waals surface area contributed by atoms with E-state index < -0.39 is 23.0 Å². The topological polar surface area (TPSA) is 54.9 Å². The minimum absolute atomic E-state index is 0.0361. The first-order valence-corrected chi connectivity index (χ1v) is 6.06. The summed E-state index contributed by atoms with van der Waals surface area (Å²) in [5.74, 6) is 0. The molecule has 0 radical (unpaired) electrons. The van der Waals surface area contributed by atoms with Gasteiger partial charge in [0.05, 0.1) is 14.8 Å². The van der Waals surface area contributed by atoms with Gasteiger partial charge < -0.3 is 0 Å². The van der Waals surface area contributed by atoms with E-state index in [1.807, 2.05) is 4.98 Å². The van der Waals surface area contributed by atoms with E-state index >= 15 is 0 Å². The molecule has 1 aromatic carbocycles. The van der Waals surface area contributed by atoms with Gasteiger partial charge in [-0.25, -0.2) is 4.79 Å². The lowest BCUT2D eigenvalue weighted by atomic mass is 10.2. The minimum atomic E-state index is -4.49. The van der Waals surface area contributed by atoms with Gasteiger partial charge in [-0.1, -0.05) is 6.07 Å². The molecule has 100 valence electrons. The largest absolute Gasteiger partial charge is 0.416 e. The predicted octanol–water partition coefficient (Wildman–Crippen LogP) is 2.15. The van der Waals surface area contributed by atoms with Crippen molar-refractivity contribution in [3.8, 4) is 5.69 Å². The van der Waals surface area contributed by atoms with E-state index in [4.69, 9.17) is 0 Å². The van der Waals surface area contributed by atoms with Gasteiger partial charge in [-0.05, 0) is 40.8 Å². The fourth-order valence-electron chi connectivity index (χ4n) is 1.47. The highest BCUT2D eigenvalue weighted by Gasteiger charge is 2.30. The van der Waals surface area contributed by atoms with Crippen molar-refractivity contribution in [3.05, 3.63) is 60.4 Å². The Balaban J connectivity index is 2.64. The van der Waals surface area contributed by atoms with Crippen LogP contribution in [0.25, 0.3) is 5.69 Å². The molecule has 8 heteroatoms. The Morgan fingerprint density at radius 2 is 1.89 bits per heavy atom. The van der Waals surface area contributed by atoms with Crippen molar-refractivity contribution in [2.24, 2.45) is 0 Å². The van der Waals surface area contributed by atoms with Gasteiger partial charge in [0.1, 0.15) is 0 Å². The Morgan fingerprint density at radius 3 is 2.53 bits per heavy atom. The fraction of sp³-hybridized carbons (Fsp3) is 0.0909. The van der Waals surface area contributed by atoms with Crippen molar-refractivity contribution in [3.63, 3.8) is 0 Å². The molecule has 0 spiro atoms. The van der Waals surface area contributed by atoms with Gasteiger partial charge >= 0.3 is 11.9 Å². The summed E-state index contributed by atoms with van der Waals surface area (Å²) < 4.78 is 38.9. The van der Waals surface area contributed by atoms with Crippen LogP contribution in [0.15, 0.2) is 40.1 Å². The highest BCUT2D eigenvalue weighted by molar-refractivity contribution is 14.1. The summed E-state index contributed by atoms with van der Waals surface area (Å²) in [5, 5.41) is 0. The predicted molar refractivity (Wildman–Crippen MR) is 70.4 cm³/mol. The molecule has 0 aliphatic rings. The second-order valence-electron chi connectivity index (χ2n) is 3.65. The van der Waals surface area contributed by atoms with Crippen molar-refractivity contribution >= 4 is 22.6 Å². The van der Waals surface area contributed by atoms with Crippen LogP contribution in [0.5, 0.6) is 0 Å². The molecule has 0 aliphatic carbocycles. The molecule has 0 atom stereocenters. The molecule has 4 nitrogen and oxygen atoms in total. The molecule has 19 heavy (non-hydrogen) atoms. The summed E-state index contributed by atoms with van der Waals surface area (Å²) in [4.78, 5) is 24.8. The average molecular weight is 382 g/mol. The lowest BCUT2D eigenvalue weighted by Crippen LogP contribution is -2.30. The van der Waals surface area contributed by atoms with Crippen LogP contribution in [0.1, 0.15) is 5.56 Å². The number of hydrogen-bond donors (Lipinski definition) is 1. The van der Waals surface area contributed by atoms with Gasteiger partial charge in [-0.3, -0.25) is 14.3 Å². The summed E-state index contributed by atoms with van der Waals surface area (Å²) >= 11 is 1.69. The number of aromatic amines is 1. The van der Waals surface area contributed by atoms with Crippen LogP contribution in [-0.4, -0.2) is 9.55 Å². The highest BCUT2D eigenvalue weighted by Crippen LogP contribution is 2.30. The highest BCUT2D eigenvalue weighted by atomic mass is 127. The zero-order valence-electron chi connectivity index (χ0n) is 9.16. The third kappa shape index (κ3) is 2.88. The number of aromatic nitrogens is 2. The molecular formula is C11H6F3IN2O2. The Morgan fingerprint density at radius 1 is 1.21 bits per heavy atom. The van der Waals surface area contributed by atoms with Crippen LogP contribution < -0.4 is 11.2 Å². The molecule has 0 saturated carbocycles. The van der Waals surface area contributed by atoms with E-state index in [2.05, 4.69) is 0 Å². The molecule has 0 aliphatic heterocycles. The Hall–Kier alpha value is -1.58. The average Bonchev–Trinajstić information content (AvgIpc) is 2.33. The normalized spacial score (nSPS) is 11.6. The first-order chi connectivity index (χ1) is 8.79. The van der Waals surface area contributed by atoms with Gasteiger partial charge in [-0.2, -0.15) is 13.2 Å². The number of halogens is 4. The van der Waals surface area contributed by atoms with E-state index in [9.17, 15) is 22.8 Å². The number of alkyl halides is 3. The van der Waals surface area contributed by atoms with Gasteiger partial charge in [0.15, 0.2) is 0 Å². The molecule has 0 amide bonds. The van der Waals surface area contributed by atoms with Crippen LogP contribution in [0.3, 0.4) is 0 Å². The minimum Gasteiger partial charge on any atom is -0.273 e. The molecule has 1 aromatic heterocycles. The molecule has 0 saturated heterocycles. The first kappa shape index (κ1) is 13.8. The summed E-state index contributed by atoms with van der Waals surface area (Å²) in [7, 11) is 0. The van der Waals surface area contributed by atoms with Crippen LogP contribution in [-0.2, 0) is 6.18 Å². The van der Waals surface area contributed by atoms with Gasteiger partial charge in [-0.15, -0.1) is 0 Å². The Bertz CT molecular complexity index is 734. The lowest BCUT2D eigenvalue weighted by molar-refractivity contribution is -0.137. The number of H-pyrrole nitrogens is 1. The Kier molecular flexibility index (Phi) is 3.52. The van der Waals surface area contributed by atoms with E-state index in [1.54, 1.807) is 22.6 Å². The SMILES string of the molecule is O=c1[nH]c(=O)n(-c2cccc(C(F)(F)F)c2)cc1I. The maximum absolute atomic E-state index is 12.6. The van der Waals surface area contributed by atoms with E-state index in [0.717, 1.165) is 16.7 Å². The number of nitrogens with one attached hydrogen (secondary N) is 1. The van der Waals surface area contributed by atoms with Crippen molar-refractivity contribution < 1.29 is 13.2 Å². The van der Waals surface area contributed by atoms with Crippen molar-refractivity contribution in [2.45, 2.75) is 6.18 Å². The summed E-state index contributed by atoms with van der Waals surface area (Å²) in [5.41, 5.74) is -2.19. The summed E-state index contributed by atoms with van der Waals surface area (Å²) in [6.45, 7) is 0.